The van der Waals surface area contributed by atoms with E-state index in [-0.39, 0.29) is 6.10 Å². The molecule has 4 unspecified atom stereocenters. The maximum atomic E-state index is 10.1. The van der Waals surface area contributed by atoms with Gasteiger partial charge in [-0.1, -0.05) is 30.3 Å². The highest BCUT2D eigenvalue weighted by Gasteiger charge is 2.41. The first-order valence-corrected chi connectivity index (χ1v) is 6.74. The Bertz CT molecular complexity index is 378. The van der Waals surface area contributed by atoms with Crippen molar-refractivity contribution in [2.24, 2.45) is 5.92 Å². The molecular weight excluding hydrogens is 210 g/mol. The third-order valence-electron chi connectivity index (χ3n) is 4.56. The largest absolute Gasteiger partial charge is 0.391 e. The lowest BCUT2D eigenvalue weighted by Crippen LogP contribution is -2.56. The van der Waals surface area contributed by atoms with Crippen molar-refractivity contribution >= 4 is 0 Å². The lowest BCUT2D eigenvalue weighted by atomic mass is 9.77. The molecule has 0 radical (unpaired) electrons. The van der Waals surface area contributed by atoms with Gasteiger partial charge in [-0.05, 0) is 37.7 Å². The Morgan fingerprint density at radius 1 is 1.24 bits per heavy atom. The topological polar surface area (TPSA) is 23.5 Å². The van der Waals surface area contributed by atoms with Gasteiger partial charge in [0.05, 0.1) is 6.10 Å². The van der Waals surface area contributed by atoms with Gasteiger partial charge in [0.2, 0.25) is 0 Å². The summed E-state index contributed by atoms with van der Waals surface area (Å²) in [5.74, 6) is 0.709. The van der Waals surface area contributed by atoms with Crippen molar-refractivity contribution in [1.82, 2.24) is 4.90 Å². The number of benzene rings is 1. The van der Waals surface area contributed by atoms with Crippen LogP contribution in [0.4, 0.5) is 0 Å². The Balaban J connectivity index is 1.81. The first-order valence-electron chi connectivity index (χ1n) is 6.74. The van der Waals surface area contributed by atoms with Crippen LogP contribution >= 0.6 is 0 Å². The summed E-state index contributed by atoms with van der Waals surface area (Å²) in [7, 11) is 0. The molecule has 2 aliphatic heterocycles. The number of hydrogen-bond donors (Lipinski definition) is 1. The molecule has 2 saturated heterocycles. The lowest BCUT2D eigenvalue weighted by Gasteiger charge is -2.50. The molecule has 1 aromatic rings. The molecule has 4 atom stereocenters. The lowest BCUT2D eigenvalue weighted by molar-refractivity contribution is -0.0713. The average molecular weight is 231 g/mol. The first kappa shape index (κ1) is 11.2. The van der Waals surface area contributed by atoms with Gasteiger partial charge in [0, 0.05) is 18.6 Å². The molecule has 1 saturated carbocycles. The monoisotopic (exact) mass is 231 g/mol. The van der Waals surface area contributed by atoms with Gasteiger partial charge in [-0.15, -0.1) is 0 Å². The minimum Gasteiger partial charge on any atom is -0.391 e. The number of hydrogen-bond acceptors (Lipinski definition) is 2. The number of fused-ring (bicyclic) bond motifs is 3. The van der Waals surface area contributed by atoms with E-state index in [1.54, 1.807) is 0 Å². The molecule has 0 aromatic heterocycles. The van der Waals surface area contributed by atoms with Crippen LogP contribution in [0.25, 0.3) is 0 Å². The quantitative estimate of drug-likeness (QED) is 0.845. The zero-order chi connectivity index (χ0) is 11.8. The smallest absolute Gasteiger partial charge is 0.0698 e. The second-order valence-electron chi connectivity index (χ2n) is 5.60. The standard InChI is InChI=1S/C15H21NO/c1-11(13-5-3-2-4-6-13)16-10-12-7-8-14(16)15(17)9-12/h2-6,11-12,14-15,17H,7-10H2,1H3. The highest BCUT2D eigenvalue weighted by Crippen LogP contribution is 2.39. The number of rotatable bonds is 2. The van der Waals surface area contributed by atoms with E-state index in [0.717, 1.165) is 13.0 Å². The number of nitrogens with zero attached hydrogens (tertiary/aromatic N) is 1. The maximum absolute atomic E-state index is 10.1. The minimum atomic E-state index is -0.103. The van der Waals surface area contributed by atoms with Gasteiger partial charge in [-0.25, -0.2) is 0 Å². The highest BCUT2D eigenvalue weighted by molar-refractivity contribution is 5.19. The average Bonchev–Trinajstić information content (AvgIpc) is 2.39. The predicted octanol–water partition coefficient (Wildman–Crippen LogP) is 2.59. The Labute approximate surface area is 103 Å². The van der Waals surface area contributed by atoms with E-state index in [1.807, 2.05) is 0 Å². The summed E-state index contributed by atoms with van der Waals surface area (Å²) in [6, 6.07) is 11.5. The summed E-state index contributed by atoms with van der Waals surface area (Å²) in [5.41, 5.74) is 1.37. The zero-order valence-electron chi connectivity index (χ0n) is 10.4. The van der Waals surface area contributed by atoms with Crippen LogP contribution in [-0.2, 0) is 0 Å². The van der Waals surface area contributed by atoms with Gasteiger partial charge in [0.15, 0.2) is 0 Å². The number of aliphatic hydroxyl groups is 1. The molecule has 4 rings (SSSR count). The van der Waals surface area contributed by atoms with Crippen LogP contribution in [0.15, 0.2) is 30.3 Å². The van der Waals surface area contributed by atoms with Crippen LogP contribution in [0.5, 0.6) is 0 Å². The zero-order valence-corrected chi connectivity index (χ0v) is 10.4. The summed E-state index contributed by atoms with van der Waals surface area (Å²) < 4.78 is 0. The van der Waals surface area contributed by atoms with Crippen LogP contribution < -0.4 is 0 Å². The molecule has 1 aromatic carbocycles. The van der Waals surface area contributed by atoms with Gasteiger partial charge in [-0.2, -0.15) is 0 Å². The maximum Gasteiger partial charge on any atom is 0.0698 e. The molecular formula is C15H21NO. The van der Waals surface area contributed by atoms with E-state index >= 15 is 0 Å². The molecule has 92 valence electrons. The molecule has 2 heterocycles. The molecule has 0 spiro atoms. The van der Waals surface area contributed by atoms with Crippen molar-refractivity contribution in [3.63, 3.8) is 0 Å². The van der Waals surface area contributed by atoms with Crippen LogP contribution in [-0.4, -0.2) is 28.7 Å². The van der Waals surface area contributed by atoms with Crippen LogP contribution in [0.2, 0.25) is 0 Å². The Hall–Kier alpha value is -0.860. The van der Waals surface area contributed by atoms with Gasteiger partial charge >= 0.3 is 0 Å². The molecule has 1 N–H and O–H groups in total. The molecule has 2 bridgehead atoms. The van der Waals surface area contributed by atoms with Crippen molar-refractivity contribution in [2.75, 3.05) is 6.54 Å². The molecule has 0 amide bonds. The minimum absolute atomic E-state index is 0.103. The Morgan fingerprint density at radius 2 is 2.00 bits per heavy atom. The molecule has 17 heavy (non-hydrogen) atoms. The summed E-state index contributed by atoms with van der Waals surface area (Å²) in [5, 5.41) is 10.1. The summed E-state index contributed by atoms with van der Waals surface area (Å²) in [6.07, 6.45) is 3.39. The van der Waals surface area contributed by atoms with Crippen molar-refractivity contribution in [1.29, 1.82) is 0 Å². The SMILES string of the molecule is CC(c1ccccc1)N1CC2CCC1C(O)C2. The number of aliphatic hydroxyl groups excluding tert-OH is 1. The van der Waals surface area contributed by atoms with E-state index in [9.17, 15) is 5.11 Å². The third-order valence-corrected chi connectivity index (χ3v) is 4.56. The van der Waals surface area contributed by atoms with E-state index in [2.05, 4.69) is 42.2 Å². The number of piperidine rings is 2. The van der Waals surface area contributed by atoms with Gasteiger partial charge in [0.25, 0.3) is 0 Å². The van der Waals surface area contributed by atoms with Crippen molar-refractivity contribution in [2.45, 2.75) is 44.4 Å². The van der Waals surface area contributed by atoms with Crippen molar-refractivity contribution < 1.29 is 5.11 Å². The fourth-order valence-electron chi connectivity index (χ4n) is 3.57. The summed E-state index contributed by atoms with van der Waals surface area (Å²) in [4.78, 5) is 2.51. The van der Waals surface area contributed by atoms with Crippen LogP contribution in [0, 0.1) is 5.92 Å². The summed E-state index contributed by atoms with van der Waals surface area (Å²) in [6.45, 7) is 3.43. The van der Waals surface area contributed by atoms with Crippen molar-refractivity contribution in [3.05, 3.63) is 35.9 Å². The fourth-order valence-corrected chi connectivity index (χ4v) is 3.57. The predicted molar refractivity (Wildman–Crippen MR) is 68.7 cm³/mol. The second-order valence-corrected chi connectivity index (χ2v) is 5.60. The van der Waals surface area contributed by atoms with E-state index in [0.29, 0.717) is 18.0 Å². The molecule has 3 fully saturated rings. The molecule has 2 heteroatoms. The van der Waals surface area contributed by atoms with Crippen LogP contribution in [0.1, 0.15) is 37.8 Å². The fraction of sp³-hybridized carbons (Fsp3) is 0.600. The molecule has 3 aliphatic rings. The van der Waals surface area contributed by atoms with E-state index in [4.69, 9.17) is 0 Å². The molecule has 2 nitrogen and oxygen atoms in total. The third kappa shape index (κ3) is 2.00. The summed E-state index contributed by atoms with van der Waals surface area (Å²) >= 11 is 0. The van der Waals surface area contributed by atoms with E-state index in [1.165, 1.54) is 18.4 Å². The van der Waals surface area contributed by atoms with Crippen LogP contribution in [0.3, 0.4) is 0 Å². The van der Waals surface area contributed by atoms with E-state index < -0.39 is 0 Å². The highest BCUT2D eigenvalue weighted by atomic mass is 16.3. The first-order chi connectivity index (χ1) is 8.25. The molecule has 1 aliphatic carbocycles. The van der Waals surface area contributed by atoms with Crippen molar-refractivity contribution in [3.8, 4) is 0 Å². The van der Waals surface area contributed by atoms with Gasteiger partial charge < -0.3 is 5.11 Å². The normalized spacial score (nSPS) is 34.8. The Kier molecular flexibility index (Phi) is 2.93. The Morgan fingerprint density at radius 3 is 2.65 bits per heavy atom. The van der Waals surface area contributed by atoms with Gasteiger partial charge in [-0.3, -0.25) is 4.90 Å². The second kappa shape index (κ2) is 4.43. The van der Waals surface area contributed by atoms with Gasteiger partial charge in [0.1, 0.15) is 0 Å².